The molecule has 0 aliphatic heterocycles. The van der Waals surface area contributed by atoms with Gasteiger partial charge in [-0.2, -0.15) is 21.6 Å². The summed E-state index contributed by atoms with van der Waals surface area (Å²) in [6.07, 6.45) is 1.36. The molecule has 0 amide bonds. The fraction of sp³-hybridized carbons (Fsp3) is 0.200. The van der Waals surface area contributed by atoms with Crippen LogP contribution in [0.5, 0.6) is 11.5 Å². The molecule has 0 fully saturated rings. The number of ether oxygens (including phenoxy) is 1. The van der Waals surface area contributed by atoms with Gasteiger partial charge in [-0.05, 0) is 12.1 Å². The molecular formula is C10H9F3O4S. The quantitative estimate of drug-likeness (QED) is 0.473. The van der Waals surface area contributed by atoms with Crippen molar-refractivity contribution in [2.45, 2.75) is 5.51 Å². The lowest BCUT2D eigenvalue weighted by Gasteiger charge is -2.12. The van der Waals surface area contributed by atoms with E-state index in [9.17, 15) is 21.6 Å². The maximum atomic E-state index is 12.1. The average molecular weight is 282 g/mol. The Balaban J connectivity index is 3.01. The first kappa shape index (κ1) is 14.4. The van der Waals surface area contributed by atoms with Crippen LogP contribution in [0.15, 0.2) is 36.9 Å². The minimum absolute atomic E-state index is 0.00639. The van der Waals surface area contributed by atoms with Crippen LogP contribution in [0.1, 0.15) is 0 Å². The van der Waals surface area contributed by atoms with Crippen LogP contribution < -0.4 is 8.92 Å². The highest BCUT2D eigenvalue weighted by Gasteiger charge is 2.48. The Morgan fingerprint density at radius 1 is 1.22 bits per heavy atom. The first-order chi connectivity index (χ1) is 8.28. The first-order valence-electron chi connectivity index (χ1n) is 4.61. The summed E-state index contributed by atoms with van der Waals surface area (Å²) < 4.78 is 67.0. The molecule has 0 heterocycles. The van der Waals surface area contributed by atoms with E-state index >= 15 is 0 Å². The standard InChI is InChI=1S/C10H9F3O4S/c1-2-7-16-8-5-3-4-6-9(8)17-18(14,15)10(11,12)13/h2-6H,1,7H2. The van der Waals surface area contributed by atoms with E-state index in [1.165, 1.54) is 24.3 Å². The molecule has 0 aliphatic rings. The molecule has 4 nitrogen and oxygen atoms in total. The van der Waals surface area contributed by atoms with Crippen molar-refractivity contribution < 1.29 is 30.5 Å². The Labute approximate surface area is 102 Å². The van der Waals surface area contributed by atoms with Crippen molar-refractivity contribution >= 4 is 10.1 Å². The zero-order valence-corrected chi connectivity index (χ0v) is 9.79. The summed E-state index contributed by atoms with van der Waals surface area (Å²) in [7, 11) is -5.70. The summed E-state index contributed by atoms with van der Waals surface area (Å²) in [6, 6.07) is 5.12. The van der Waals surface area contributed by atoms with Crippen LogP contribution >= 0.6 is 0 Å². The van der Waals surface area contributed by atoms with Crippen molar-refractivity contribution in [3.8, 4) is 11.5 Å². The highest BCUT2D eigenvalue weighted by atomic mass is 32.2. The smallest absolute Gasteiger partial charge is 0.486 e. The maximum absolute atomic E-state index is 12.1. The van der Waals surface area contributed by atoms with Crippen LogP contribution in [-0.2, 0) is 10.1 Å². The largest absolute Gasteiger partial charge is 0.534 e. The van der Waals surface area contributed by atoms with E-state index in [2.05, 4.69) is 10.8 Å². The van der Waals surface area contributed by atoms with Crippen LogP contribution in [0.25, 0.3) is 0 Å². The van der Waals surface area contributed by atoms with Crippen molar-refractivity contribution in [1.82, 2.24) is 0 Å². The minimum Gasteiger partial charge on any atom is -0.486 e. The summed E-state index contributed by atoms with van der Waals surface area (Å²) in [5, 5.41) is 0. The second kappa shape index (κ2) is 5.30. The molecule has 0 aromatic heterocycles. The van der Waals surface area contributed by atoms with Crippen LogP contribution in [0, 0.1) is 0 Å². The molecule has 8 heteroatoms. The van der Waals surface area contributed by atoms with Gasteiger partial charge < -0.3 is 8.92 Å². The SMILES string of the molecule is C=CCOc1ccccc1OS(=O)(=O)C(F)(F)F. The van der Waals surface area contributed by atoms with Crippen LogP contribution in [-0.4, -0.2) is 20.5 Å². The Morgan fingerprint density at radius 2 is 1.78 bits per heavy atom. The molecule has 0 radical (unpaired) electrons. The van der Waals surface area contributed by atoms with Gasteiger partial charge in [-0.3, -0.25) is 0 Å². The summed E-state index contributed by atoms with van der Waals surface area (Å²) >= 11 is 0. The van der Waals surface area contributed by atoms with Crippen molar-refractivity contribution in [3.05, 3.63) is 36.9 Å². The molecule has 0 aliphatic carbocycles. The van der Waals surface area contributed by atoms with Crippen LogP contribution in [0.3, 0.4) is 0 Å². The molecular weight excluding hydrogens is 273 g/mol. The topological polar surface area (TPSA) is 52.6 Å². The zero-order chi connectivity index (χ0) is 13.8. The predicted molar refractivity (Wildman–Crippen MR) is 57.7 cm³/mol. The minimum atomic E-state index is -5.70. The third-order valence-electron chi connectivity index (χ3n) is 1.69. The van der Waals surface area contributed by atoms with E-state index in [-0.39, 0.29) is 12.4 Å². The number of hydrogen-bond donors (Lipinski definition) is 0. The van der Waals surface area contributed by atoms with E-state index in [0.717, 1.165) is 6.07 Å². The van der Waals surface area contributed by atoms with Gasteiger partial charge in [-0.1, -0.05) is 24.8 Å². The molecule has 100 valence electrons. The normalized spacial score (nSPS) is 11.9. The van der Waals surface area contributed by atoms with Gasteiger partial charge in [0.1, 0.15) is 6.61 Å². The lowest BCUT2D eigenvalue weighted by molar-refractivity contribution is -0.0500. The number of halogens is 3. The molecule has 1 aromatic rings. The van der Waals surface area contributed by atoms with Crippen molar-refractivity contribution in [2.24, 2.45) is 0 Å². The van der Waals surface area contributed by atoms with Crippen molar-refractivity contribution in [3.63, 3.8) is 0 Å². The molecule has 0 N–H and O–H groups in total. The molecule has 0 bridgehead atoms. The Kier molecular flexibility index (Phi) is 4.23. The van der Waals surface area contributed by atoms with E-state index in [0.29, 0.717) is 0 Å². The molecule has 18 heavy (non-hydrogen) atoms. The van der Waals surface area contributed by atoms with Gasteiger partial charge >= 0.3 is 15.6 Å². The predicted octanol–water partition coefficient (Wildman–Crippen LogP) is 2.48. The Morgan fingerprint density at radius 3 is 2.28 bits per heavy atom. The van der Waals surface area contributed by atoms with Crippen molar-refractivity contribution in [1.29, 1.82) is 0 Å². The number of para-hydroxylation sites is 2. The summed E-state index contributed by atoms with van der Waals surface area (Å²) in [5.41, 5.74) is -5.49. The lowest BCUT2D eigenvalue weighted by Crippen LogP contribution is -2.28. The molecule has 1 aromatic carbocycles. The van der Waals surface area contributed by atoms with Crippen molar-refractivity contribution in [2.75, 3.05) is 6.61 Å². The van der Waals surface area contributed by atoms with Gasteiger partial charge in [0.2, 0.25) is 0 Å². The number of hydrogen-bond acceptors (Lipinski definition) is 4. The third-order valence-corrected chi connectivity index (χ3v) is 2.65. The highest BCUT2D eigenvalue weighted by Crippen LogP contribution is 2.32. The second-order valence-electron chi connectivity index (χ2n) is 3.03. The number of rotatable bonds is 5. The molecule has 1 rings (SSSR count). The summed E-state index contributed by atoms with van der Waals surface area (Å²) in [5.74, 6) is -0.651. The maximum Gasteiger partial charge on any atom is 0.534 e. The monoisotopic (exact) mass is 282 g/mol. The fourth-order valence-electron chi connectivity index (χ4n) is 0.952. The summed E-state index contributed by atoms with van der Waals surface area (Å²) in [4.78, 5) is 0. The van der Waals surface area contributed by atoms with Gasteiger partial charge in [0, 0.05) is 0 Å². The average Bonchev–Trinajstić information content (AvgIpc) is 2.26. The summed E-state index contributed by atoms with van der Waals surface area (Å²) in [6.45, 7) is 3.36. The second-order valence-corrected chi connectivity index (χ2v) is 4.57. The highest BCUT2D eigenvalue weighted by molar-refractivity contribution is 7.88. The van der Waals surface area contributed by atoms with E-state index in [1.54, 1.807) is 0 Å². The van der Waals surface area contributed by atoms with Gasteiger partial charge in [-0.25, -0.2) is 0 Å². The molecule has 0 spiro atoms. The molecule has 0 unspecified atom stereocenters. The molecule has 0 atom stereocenters. The van der Waals surface area contributed by atoms with Gasteiger partial charge in [0.05, 0.1) is 0 Å². The number of alkyl halides is 3. The Bertz CT molecular complexity index is 522. The lowest BCUT2D eigenvalue weighted by atomic mass is 10.3. The van der Waals surface area contributed by atoms with Gasteiger partial charge in [0.25, 0.3) is 0 Å². The van der Waals surface area contributed by atoms with Gasteiger partial charge in [-0.15, -0.1) is 0 Å². The van der Waals surface area contributed by atoms with Crippen LogP contribution in [0.4, 0.5) is 13.2 Å². The first-order valence-corrected chi connectivity index (χ1v) is 6.02. The number of benzene rings is 1. The van der Waals surface area contributed by atoms with Gasteiger partial charge in [0.15, 0.2) is 11.5 Å². The fourth-order valence-corrected chi connectivity index (χ4v) is 1.42. The zero-order valence-electron chi connectivity index (χ0n) is 8.98. The van der Waals surface area contributed by atoms with Crippen LogP contribution in [0.2, 0.25) is 0 Å². The Hall–Kier alpha value is -1.70. The molecule has 0 saturated carbocycles. The van der Waals surface area contributed by atoms with E-state index < -0.39 is 21.4 Å². The van der Waals surface area contributed by atoms with E-state index in [4.69, 9.17) is 4.74 Å². The third kappa shape index (κ3) is 3.39. The molecule has 0 saturated heterocycles. The van der Waals surface area contributed by atoms with E-state index in [1.807, 2.05) is 0 Å².